The Bertz CT molecular complexity index is 1640. The zero-order valence-corrected chi connectivity index (χ0v) is 24.7. The molecule has 1 spiro atoms. The van der Waals surface area contributed by atoms with Gasteiger partial charge in [0.05, 0.1) is 11.6 Å². The zero-order chi connectivity index (χ0) is 30.1. The first-order valence-corrected chi connectivity index (χ1v) is 14.3. The van der Waals surface area contributed by atoms with E-state index in [2.05, 4.69) is 26.6 Å². The lowest BCUT2D eigenvalue weighted by Crippen LogP contribution is -2.52. The Morgan fingerprint density at radius 3 is 2.24 bits per heavy atom. The number of anilines is 1. The van der Waals surface area contributed by atoms with Crippen molar-refractivity contribution in [1.82, 2.24) is 5.32 Å². The van der Waals surface area contributed by atoms with Crippen molar-refractivity contribution in [2.75, 3.05) is 5.32 Å². The van der Waals surface area contributed by atoms with Gasteiger partial charge in [0.2, 0.25) is 11.8 Å². The summed E-state index contributed by atoms with van der Waals surface area (Å²) in [6.45, 7) is 0. The molecule has 2 N–H and O–H groups in total. The topological polar surface area (TPSA) is 67.4 Å². The Balaban J connectivity index is 0.000000442. The number of carbonyl (C=O) groups excluding carboxylic acids is 2. The van der Waals surface area contributed by atoms with Crippen LogP contribution in [0.15, 0.2) is 95.5 Å². The third-order valence-electron chi connectivity index (χ3n) is 7.09. The number of piperidine rings is 1. The van der Waals surface area contributed by atoms with E-state index < -0.39 is 23.2 Å². The Labute approximate surface area is 258 Å². The Kier molecular flexibility index (Phi) is 8.55. The first-order valence-electron chi connectivity index (χ1n) is 12.7. The third-order valence-corrected chi connectivity index (χ3v) is 8.07. The molecule has 216 valence electrons. The molecule has 11 heteroatoms. The lowest BCUT2D eigenvalue weighted by molar-refractivity contribution is -0.137. The van der Waals surface area contributed by atoms with Gasteiger partial charge in [0.1, 0.15) is 16.9 Å². The van der Waals surface area contributed by atoms with Crippen molar-refractivity contribution in [3.8, 4) is 11.5 Å². The molecule has 2 aliphatic rings. The van der Waals surface area contributed by atoms with Gasteiger partial charge in [-0.3, -0.25) is 9.59 Å². The maximum atomic E-state index is 13.4. The fraction of sp³-hybridized carbons (Fsp3) is 0.161. The van der Waals surface area contributed by atoms with Crippen LogP contribution >= 0.6 is 39.1 Å². The van der Waals surface area contributed by atoms with Crippen LogP contribution in [0.4, 0.5) is 18.9 Å². The average Bonchev–Trinajstić information content (AvgIpc) is 3.22. The van der Waals surface area contributed by atoms with Crippen molar-refractivity contribution in [3.63, 3.8) is 0 Å². The molecule has 6 rings (SSSR count). The fourth-order valence-corrected chi connectivity index (χ4v) is 5.84. The molecule has 0 saturated carbocycles. The molecule has 42 heavy (non-hydrogen) atoms. The highest BCUT2D eigenvalue weighted by atomic mass is 79.9. The van der Waals surface area contributed by atoms with Crippen LogP contribution < -0.4 is 15.4 Å². The Morgan fingerprint density at radius 1 is 0.881 bits per heavy atom. The van der Waals surface area contributed by atoms with E-state index in [1.54, 1.807) is 36.4 Å². The summed E-state index contributed by atoms with van der Waals surface area (Å²) in [6, 6.07) is 23.2. The number of alkyl halides is 3. The van der Waals surface area contributed by atoms with E-state index in [0.29, 0.717) is 32.1 Å². The molecule has 2 atom stereocenters. The van der Waals surface area contributed by atoms with Crippen molar-refractivity contribution >= 4 is 56.6 Å². The van der Waals surface area contributed by atoms with Gasteiger partial charge in [0, 0.05) is 32.2 Å². The monoisotopic (exact) mass is 676 g/mol. The second kappa shape index (κ2) is 12.0. The molecule has 1 fully saturated rings. The number of hydrogen-bond donors (Lipinski definition) is 2. The lowest BCUT2D eigenvalue weighted by Gasteiger charge is -2.40. The lowest BCUT2D eigenvalue weighted by atomic mass is 9.67. The zero-order valence-electron chi connectivity index (χ0n) is 21.6. The quantitative estimate of drug-likeness (QED) is 0.227. The van der Waals surface area contributed by atoms with E-state index in [-0.39, 0.29) is 30.4 Å². The number of amides is 2. The van der Waals surface area contributed by atoms with E-state index in [0.717, 1.165) is 17.2 Å². The molecule has 5 nitrogen and oxygen atoms in total. The smallest absolute Gasteiger partial charge is 0.416 e. The van der Waals surface area contributed by atoms with E-state index in [1.165, 1.54) is 12.1 Å². The van der Waals surface area contributed by atoms with Gasteiger partial charge >= 0.3 is 6.18 Å². The molecule has 2 amide bonds. The second-order valence-corrected chi connectivity index (χ2v) is 11.5. The molecule has 4 aromatic carbocycles. The SMILES string of the molecule is Clc1ccccc1.O=C1CC[C@]2(C(=O)Nc3cc(Cl)ccc32)[C@@H](c2cc(Br)ccc2Oc2ccc(C(F)(F)F)cc2)N1. The normalized spacial score (nSPS) is 19.3. The van der Waals surface area contributed by atoms with E-state index in [9.17, 15) is 22.8 Å². The predicted octanol–water partition coefficient (Wildman–Crippen LogP) is 9.09. The maximum Gasteiger partial charge on any atom is 0.416 e. The Morgan fingerprint density at radius 2 is 1.60 bits per heavy atom. The van der Waals surface area contributed by atoms with Crippen LogP contribution in [0.3, 0.4) is 0 Å². The fourth-order valence-electron chi connectivity index (χ4n) is 5.15. The number of rotatable bonds is 3. The summed E-state index contributed by atoms with van der Waals surface area (Å²) >= 11 is 15.1. The highest BCUT2D eigenvalue weighted by Gasteiger charge is 2.56. The van der Waals surface area contributed by atoms with Crippen molar-refractivity contribution in [2.24, 2.45) is 0 Å². The van der Waals surface area contributed by atoms with Crippen molar-refractivity contribution in [2.45, 2.75) is 30.5 Å². The van der Waals surface area contributed by atoms with E-state index >= 15 is 0 Å². The van der Waals surface area contributed by atoms with Gasteiger partial charge in [-0.2, -0.15) is 13.2 Å². The van der Waals surface area contributed by atoms with Crippen LogP contribution in [0.1, 0.15) is 35.6 Å². The van der Waals surface area contributed by atoms with Crippen molar-refractivity contribution in [1.29, 1.82) is 0 Å². The van der Waals surface area contributed by atoms with E-state index in [4.69, 9.17) is 27.9 Å². The Hall–Kier alpha value is -3.53. The largest absolute Gasteiger partial charge is 0.457 e. The van der Waals surface area contributed by atoms with Crippen LogP contribution in [0.25, 0.3) is 0 Å². The van der Waals surface area contributed by atoms with Gasteiger partial charge < -0.3 is 15.4 Å². The van der Waals surface area contributed by atoms with Crippen LogP contribution in [0, 0.1) is 0 Å². The van der Waals surface area contributed by atoms with Gasteiger partial charge in [-0.15, -0.1) is 0 Å². The summed E-state index contributed by atoms with van der Waals surface area (Å²) in [4.78, 5) is 26.0. The minimum atomic E-state index is -4.47. The van der Waals surface area contributed by atoms with Crippen LogP contribution in [0.2, 0.25) is 10.0 Å². The number of ether oxygens (including phenoxy) is 1. The summed E-state index contributed by atoms with van der Waals surface area (Å²) in [7, 11) is 0. The van der Waals surface area contributed by atoms with Gasteiger partial charge in [0.15, 0.2) is 0 Å². The minimum Gasteiger partial charge on any atom is -0.457 e. The summed E-state index contributed by atoms with van der Waals surface area (Å²) in [6.07, 6.45) is -4.06. The van der Waals surface area contributed by atoms with Gasteiger partial charge in [-0.05, 0) is 78.7 Å². The average molecular weight is 678 g/mol. The van der Waals surface area contributed by atoms with Crippen molar-refractivity contribution < 1.29 is 27.5 Å². The molecular weight excluding hydrogens is 656 g/mol. The predicted molar refractivity (Wildman–Crippen MR) is 159 cm³/mol. The molecule has 1 saturated heterocycles. The van der Waals surface area contributed by atoms with Gasteiger partial charge in [0.25, 0.3) is 0 Å². The summed E-state index contributed by atoms with van der Waals surface area (Å²) in [5.74, 6) is -0.0212. The standard InChI is InChI=1S/C25H17BrClF3N2O3.C6H5Cl/c26-14-3-8-20(35-16-5-1-13(2-6-16)25(28,29)30)17(11-14)22-24(10-9-21(33)32-22)18-7-4-15(27)12-19(18)31-23(24)34;7-6-4-2-1-3-5-6/h1-8,11-12,22H,9-10H2,(H,31,34)(H,32,33);1-5H/t22-,24-;/m1./s1. The number of nitrogens with one attached hydrogen (secondary N) is 2. The van der Waals surface area contributed by atoms with Crippen LogP contribution in [-0.2, 0) is 21.2 Å². The maximum absolute atomic E-state index is 13.4. The molecule has 0 unspecified atom stereocenters. The van der Waals surface area contributed by atoms with Gasteiger partial charge in [-0.1, -0.05) is 63.4 Å². The highest BCUT2D eigenvalue weighted by Crippen LogP contribution is 2.53. The molecule has 2 heterocycles. The second-order valence-electron chi connectivity index (χ2n) is 9.72. The number of halogens is 6. The third kappa shape index (κ3) is 6.14. The minimum absolute atomic E-state index is 0.148. The number of fused-ring (bicyclic) bond motifs is 2. The number of hydrogen-bond acceptors (Lipinski definition) is 3. The summed E-state index contributed by atoms with van der Waals surface area (Å²) < 4.78 is 45.5. The molecule has 0 bridgehead atoms. The summed E-state index contributed by atoms with van der Waals surface area (Å²) in [5, 5.41) is 7.09. The molecule has 2 aliphatic heterocycles. The van der Waals surface area contributed by atoms with E-state index in [1.807, 2.05) is 30.3 Å². The number of benzene rings is 4. The molecule has 4 aromatic rings. The molecule has 0 radical (unpaired) electrons. The first kappa shape index (κ1) is 29.9. The highest BCUT2D eigenvalue weighted by molar-refractivity contribution is 9.10. The van der Waals surface area contributed by atoms with Crippen LogP contribution in [-0.4, -0.2) is 11.8 Å². The summed E-state index contributed by atoms with van der Waals surface area (Å²) in [5.41, 5.74) is -0.129. The molecular formula is C31H22BrCl2F3N2O3. The molecule has 0 aliphatic carbocycles. The first-order chi connectivity index (χ1) is 20.0. The van der Waals surface area contributed by atoms with Crippen molar-refractivity contribution in [3.05, 3.63) is 122 Å². The van der Waals surface area contributed by atoms with Gasteiger partial charge in [-0.25, -0.2) is 0 Å². The molecule has 0 aromatic heterocycles. The number of carbonyl (C=O) groups is 2. The van der Waals surface area contributed by atoms with Crippen LogP contribution in [0.5, 0.6) is 11.5 Å².